The lowest BCUT2D eigenvalue weighted by Crippen LogP contribution is -2.20. The van der Waals surface area contributed by atoms with Gasteiger partial charge in [-0.3, -0.25) is 9.59 Å². The lowest BCUT2D eigenvalue weighted by molar-refractivity contribution is -0.115. The number of anilines is 2. The molecule has 7 nitrogen and oxygen atoms in total. The third-order valence-electron chi connectivity index (χ3n) is 3.68. The molecule has 2 amide bonds. The molecule has 0 heterocycles. The Morgan fingerprint density at radius 2 is 1.56 bits per heavy atom. The van der Waals surface area contributed by atoms with E-state index in [4.69, 9.17) is 14.2 Å². The van der Waals surface area contributed by atoms with E-state index >= 15 is 0 Å². The Kier molecular flexibility index (Phi) is 7.06. The van der Waals surface area contributed by atoms with E-state index in [1.54, 1.807) is 43.3 Å². The predicted molar refractivity (Wildman–Crippen MR) is 108 cm³/mol. The maximum Gasteiger partial charge on any atom is 0.255 e. The summed E-state index contributed by atoms with van der Waals surface area (Å²) in [4.78, 5) is 24.0. The number of methoxy groups -OCH3 is 3. The second kappa shape index (κ2) is 9.27. The van der Waals surface area contributed by atoms with Crippen molar-refractivity contribution in [2.45, 2.75) is 11.8 Å². The zero-order valence-corrected chi connectivity index (χ0v) is 17.0. The Labute approximate surface area is 166 Å². The third kappa shape index (κ3) is 5.13. The molecule has 0 bridgehead atoms. The Morgan fingerprint density at radius 1 is 0.926 bits per heavy atom. The first-order valence-electron chi connectivity index (χ1n) is 8.06. The fourth-order valence-electron chi connectivity index (χ4n) is 2.34. The summed E-state index contributed by atoms with van der Waals surface area (Å²) in [6.07, 6.45) is 0. The summed E-state index contributed by atoms with van der Waals surface area (Å²) in [5, 5.41) is 5.52. The number of alkyl halides is 1. The number of hydrogen-bond acceptors (Lipinski definition) is 5. The van der Waals surface area contributed by atoms with E-state index in [1.807, 2.05) is 0 Å². The molecular formula is C19H21BrN2O5. The van der Waals surface area contributed by atoms with E-state index in [1.165, 1.54) is 21.3 Å². The first kappa shape index (κ1) is 20.6. The van der Waals surface area contributed by atoms with Crippen LogP contribution in [-0.2, 0) is 4.79 Å². The van der Waals surface area contributed by atoms with Crippen LogP contribution < -0.4 is 24.8 Å². The number of carbonyl (C=O) groups is 2. The van der Waals surface area contributed by atoms with Gasteiger partial charge in [-0.15, -0.1) is 0 Å². The van der Waals surface area contributed by atoms with Crippen molar-refractivity contribution in [3.8, 4) is 17.2 Å². The van der Waals surface area contributed by atoms with Gasteiger partial charge in [-0.1, -0.05) is 22.0 Å². The van der Waals surface area contributed by atoms with Crippen molar-refractivity contribution in [1.29, 1.82) is 0 Å². The normalized spacial score (nSPS) is 11.3. The Morgan fingerprint density at radius 3 is 2.07 bits per heavy atom. The number of amides is 2. The van der Waals surface area contributed by atoms with Crippen molar-refractivity contribution in [2.24, 2.45) is 0 Å². The molecule has 1 unspecified atom stereocenters. The van der Waals surface area contributed by atoms with E-state index in [0.717, 1.165) is 0 Å². The number of benzene rings is 2. The minimum atomic E-state index is -0.340. The van der Waals surface area contributed by atoms with Gasteiger partial charge in [-0.2, -0.15) is 0 Å². The topological polar surface area (TPSA) is 85.9 Å². The Hall–Kier alpha value is -2.74. The van der Waals surface area contributed by atoms with E-state index in [2.05, 4.69) is 26.6 Å². The average Bonchev–Trinajstić information content (AvgIpc) is 2.67. The molecule has 2 N–H and O–H groups in total. The molecule has 0 radical (unpaired) electrons. The smallest absolute Gasteiger partial charge is 0.255 e. The van der Waals surface area contributed by atoms with Gasteiger partial charge in [0.25, 0.3) is 5.91 Å². The van der Waals surface area contributed by atoms with E-state index in [-0.39, 0.29) is 16.6 Å². The van der Waals surface area contributed by atoms with Gasteiger partial charge >= 0.3 is 0 Å². The van der Waals surface area contributed by atoms with Gasteiger partial charge in [0.2, 0.25) is 11.7 Å². The van der Waals surface area contributed by atoms with Crippen LogP contribution in [0.5, 0.6) is 17.2 Å². The average molecular weight is 437 g/mol. The summed E-state index contributed by atoms with van der Waals surface area (Å²) < 4.78 is 15.8. The summed E-state index contributed by atoms with van der Waals surface area (Å²) >= 11 is 3.20. The molecule has 8 heteroatoms. The van der Waals surface area contributed by atoms with Crippen LogP contribution >= 0.6 is 15.9 Å². The number of ether oxygens (including phenoxy) is 3. The van der Waals surface area contributed by atoms with Crippen molar-refractivity contribution in [1.82, 2.24) is 0 Å². The van der Waals surface area contributed by atoms with Crippen LogP contribution in [0.15, 0.2) is 36.4 Å². The minimum Gasteiger partial charge on any atom is -0.493 e. The number of halogens is 1. The zero-order valence-electron chi connectivity index (χ0n) is 15.5. The number of rotatable bonds is 7. The standard InChI is InChI=1S/C19H21BrN2O5/c1-11(20)18(23)21-13-7-5-6-12(8-13)19(24)22-14-9-15(25-2)17(27-4)16(10-14)26-3/h5-11H,1-4H3,(H,21,23)(H,22,24). The highest BCUT2D eigenvalue weighted by Crippen LogP contribution is 2.40. The quantitative estimate of drug-likeness (QED) is 0.646. The molecule has 1 atom stereocenters. The highest BCUT2D eigenvalue weighted by molar-refractivity contribution is 9.10. The Bertz CT molecular complexity index is 814. The molecule has 0 aliphatic heterocycles. The predicted octanol–water partition coefficient (Wildman–Crippen LogP) is 3.69. The largest absolute Gasteiger partial charge is 0.493 e. The van der Waals surface area contributed by atoms with Crippen molar-refractivity contribution < 1.29 is 23.8 Å². The lowest BCUT2D eigenvalue weighted by Gasteiger charge is -2.15. The van der Waals surface area contributed by atoms with Crippen molar-refractivity contribution in [3.63, 3.8) is 0 Å². The van der Waals surface area contributed by atoms with Crippen LogP contribution in [0.4, 0.5) is 11.4 Å². The number of carbonyl (C=O) groups excluding carboxylic acids is 2. The SMILES string of the molecule is COc1cc(NC(=O)c2cccc(NC(=O)C(C)Br)c2)cc(OC)c1OC. The van der Waals surface area contributed by atoms with Crippen LogP contribution in [0.1, 0.15) is 17.3 Å². The highest BCUT2D eigenvalue weighted by atomic mass is 79.9. The van der Waals surface area contributed by atoms with Gasteiger partial charge in [0, 0.05) is 29.1 Å². The maximum atomic E-state index is 12.6. The summed E-state index contributed by atoms with van der Waals surface area (Å²) in [6, 6.07) is 9.93. The monoisotopic (exact) mass is 436 g/mol. The van der Waals surface area contributed by atoms with Crippen molar-refractivity contribution in [2.75, 3.05) is 32.0 Å². The van der Waals surface area contributed by atoms with Crippen molar-refractivity contribution >= 4 is 39.1 Å². The molecular weight excluding hydrogens is 416 g/mol. The van der Waals surface area contributed by atoms with E-state index < -0.39 is 0 Å². The molecule has 0 aromatic heterocycles. The van der Waals surface area contributed by atoms with Gasteiger partial charge in [0.05, 0.1) is 26.2 Å². The molecule has 2 aromatic rings. The molecule has 27 heavy (non-hydrogen) atoms. The van der Waals surface area contributed by atoms with Crippen molar-refractivity contribution in [3.05, 3.63) is 42.0 Å². The van der Waals surface area contributed by atoms with Gasteiger partial charge in [0.15, 0.2) is 11.5 Å². The molecule has 144 valence electrons. The molecule has 0 fully saturated rings. The van der Waals surface area contributed by atoms with Gasteiger partial charge in [0.1, 0.15) is 0 Å². The van der Waals surface area contributed by atoms with Gasteiger partial charge in [-0.25, -0.2) is 0 Å². The first-order chi connectivity index (χ1) is 12.9. The fraction of sp³-hybridized carbons (Fsp3) is 0.263. The Balaban J connectivity index is 2.23. The summed E-state index contributed by atoms with van der Waals surface area (Å²) in [7, 11) is 4.51. The second-order valence-electron chi connectivity index (χ2n) is 5.55. The van der Waals surface area contributed by atoms with Gasteiger partial charge < -0.3 is 24.8 Å². The van der Waals surface area contributed by atoms with Crippen LogP contribution in [0, 0.1) is 0 Å². The van der Waals surface area contributed by atoms with Gasteiger partial charge in [-0.05, 0) is 25.1 Å². The molecule has 0 saturated carbocycles. The summed E-state index contributed by atoms with van der Waals surface area (Å²) in [5.41, 5.74) is 1.41. The van der Waals surface area contributed by atoms with Crippen LogP contribution in [0.25, 0.3) is 0 Å². The number of hydrogen-bond donors (Lipinski definition) is 2. The van der Waals surface area contributed by atoms with Crippen LogP contribution in [0.3, 0.4) is 0 Å². The molecule has 0 aliphatic carbocycles. The zero-order chi connectivity index (χ0) is 20.0. The van der Waals surface area contributed by atoms with Crippen LogP contribution in [-0.4, -0.2) is 38.0 Å². The minimum absolute atomic E-state index is 0.197. The third-order valence-corrected chi connectivity index (χ3v) is 4.09. The molecule has 0 saturated heterocycles. The van der Waals surface area contributed by atoms with E-state index in [9.17, 15) is 9.59 Å². The molecule has 2 aromatic carbocycles. The summed E-state index contributed by atoms with van der Waals surface area (Å²) in [6.45, 7) is 1.72. The maximum absolute atomic E-state index is 12.6. The van der Waals surface area contributed by atoms with Crippen LogP contribution in [0.2, 0.25) is 0 Å². The highest BCUT2D eigenvalue weighted by Gasteiger charge is 2.16. The summed E-state index contributed by atoms with van der Waals surface area (Å²) in [5.74, 6) is 0.759. The van der Waals surface area contributed by atoms with E-state index in [0.29, 0.717) is 34.2 Å². The first-order valence-corrected chi connectivity index (χ1v) is 8.97. The second-order valence-corrected chi connectivity index (χ2v) is 6.93. The number of nitrogens with one attached hydrogen (secondary N) is 2. The molecule has 2 rings (SSSR count). The lowest BCUT2D eigenvalue weighted by atomic mass is 10.1. The molecule has 0 spiro atoms. The fourth-order valence-corrected chi connectivity index (χ4v) is 2.45. The molecule has 0 aliphatic rings.